The van der Waals surface area contributed by atoms with Gasteiger partial charge in [-0.25, -0.2) is 0 Å². The van der Waals surface area contributed by atoms with Crippen molar-refractivity contribution in [2.45, 2.75) is 77.0 Å². The van der Waals surface area contributed by atoms with Crippen LogP contribution in [0.3, 0.4) is 0 Å². The number of rotatable bonds is 13. The van der Waals surface area contributed by atoms with Gasteiger partial charge in [-0.15, -0.1) is 0 Å². The van der Waals surface area contributed by atoms with Crippen molar-refractivity contribution in [1.82, 2.24) is 0 Å². The summed E-state index contributed by atoms with van der Waals surface area (Å²) >= 11 is 0. The highest BCUT2D eigenvalue weighted by Gasteiger charge is 1.98. The minimum atomic E-state index is -0.698. The highest BCUT2D eigenvalue weighted by Crippen LogP contribution is 2.11. The number of hydrogen-bond donors (Lipinski definition) is 2. The summed E-state index contributed by atoms with van der Waals surface area (Å²) in [6, 6.07) is 0. The van der Waals surface area contributed by atoms with Gasteiger partial charge in [-0.05, 0) is 12.8 Å². The van der Waals surface area contributed by atoms with Crippen molar-refractivity contribution < 1.29 is 25.3 Å². The molecule has 0 radical (unpaired) electrons. The number of unbranched alkanes of at least 4 members (excludes halogenated alkanes) is 9. The molecule has 0 aliphatic carbocycles. The number of aliphatic carboxylic acids is 2. The number of carboxylic acid groups (broad SMARTS) is 2. The third-order valence-corrected chi connectivity index (χ3v) is 3.03. The van der Waals surface area contributed by atoms with Gasteiger partial charge in [-0.2, -0.15) is 0 Å². The first kappa shape index (κ1) is 20.2. The molecule has 0 unspecified atom stereocenters. The van der Waals surface area contributed by atoms with Gasteiger partial charge in [0.25, 0.3) is 0 Å². The van der Waals surface area contributed by atoms with Crippen LogP contribution in [0.5, 0.6) is 0 Å². The molecule has 19 heavy (non-hydrogen) atoms. The summed E-state index contributed by atoms with van der Waals surface area (Å²) in [5, 5.41) is 16.9. The Morgan fingerprint density at radius 1 is 0.526 bits per heavy atom. The second kappa shape index (κ2) is 15.0. The zero-order valence-electron chi connectivity index (χ0n) is 11.7. The molecule has 0 fully saturated rings. The second-order valence-corrected chi connectivity index (χ2v) is 4.82. The van der Waals surface area contributed by atoms with E-state index in [1.54, 1.807) is 0 Å². The molecule has 114 valence electrons. The third-order valence-electron chi connectivity index (χ3n) is 3.03. The molecule has 0 aromatic heterocycles. The third kappa shape index (κ3) is 19.4. The van der Waals surface area contributed by atoms with Crippen LogP contribution in [0.15, 0.2) is 0 Å². The molecule has 0 spiro atoms. The molecule has 0 aliphatic heterocycles. The van der Waals surface area contributed by atoms with E-state index >= 15 is 0 Å². The van der Waals surface area contributed by atoms with Crippen molar-refractivity contribution >= 4 is 11.9 Å². The van der Waals surface area contributed by atoms with Crippen LogP contribution in [0.25, 0.3) is 0 Å². The Morgan fingerprint density at radius 3 is 0.947 bits per heavy atom. The van der Waals surface area contributed by atoms with E-state index in [-0.39, 0.29) is 5.48 Å². The van der Waals surface area contributed by atoms with Gasteiger partial charge in [0.1, 0.15) is 0 Å². The lowest BCUT2D eigenvalue weighted by Gasteiger charge is -2.01. The Bertz CT molecular complexity index is 204. The lowest BCUT2D eigenvalue weighted by molar-refractivity contribution is -0.138. The van der Waals surface area contributed by atoms with Gasteiger partial charge in [0.2, 0.25) is 0 Å². The van der Waals surface area contributed by atoms with Gasteiger partial charge < -0.3 is 15.7 Å². The molecule has 0 saturated carbocycles. The van der Waals surface area contributed by atoms with Crippen LogP contribution in [0.2, 0.25) is 0 Å². The molecule has 0 atom stereocenters. The molecule has 0 aromatic rings. The topological polar surface area (TPSA) is 106 Å². The van der Waals surface area contributed by atoms with Crippen molar-refractivity contribution in [3.8, 4) is 0 Å². The molecule has 0 aromatic carbocycles. The fourth-order valence-electron chi connectivity index (χ4n) is 1.97. The van der Waals surface area contributed by atoms with Gasteiger partial charge in [0.15, 0.2) is 0 Å². The highest BCUT2D eigenvalue weighted by atomic mass is 16.4. The minimum Gasteiger partial charge on any atom is -0.481 e. The fraction of sp³-hybridized carbons (Fsp3) is 0.857. The molecule has 0 bridgehead atoms. The predicted molar refractivity (Wildman–Crippen MR) is 74.3 cm³/mol. The summed E-state index contributed by atoms with van der Waals surface area (Å²) in [7, 11) is 0. The van der Waals surface area contributed by atoms with E-state index in [2.05, 4.69) is 0 Å². The van der Waals surface area contributed by atoms with Crippen molar-refractivity contribution in [2.24, 2.45) is 0 Å². The highest BCUT2D eigenvalue weighted by molar-refractivity contribution is 5.66. The zero-order valence-corrected chi connectivity index (χ0v) is 11.7. The molecule has 0 heterocycles. The molecular formula is C14H28O5. The summed E-state index contributed by atoms with van der Waals surface area (Å²) in [6.07, 6.45) is 11.3. The predicted octanol–water partition coefficient (Wildman–Crippen LogP) is 3.01. The standard InChI is InChI=1S/C14H26O4.H2O/c15-13(16)11-9-7-5-3-1-2-4-6-8-10-12-14(17)18;/h1-12H2,(H,15,16)(H,17,18);1H2. The zero-order chi connectivity index (χ0) is 13.6. The Morgan fingerprint density at radius 2 is 0.737 bits per heavy atom. The normalized spacial score (nSPS) is 9.89. The molecular weight excluding hydrogens is 248 g/mol. The molecule has 0 rings (SSSR count). The van der Waals surface area contributed by atoms with Crippen molar-refractivity contribution in [3.63, 3.8) is 0 Å². The summed E-state index contributed by atoms with van der Waals surface area (Å²) in [5.41, 5.74) is 0. The fourth-order valence-corrected chi connectivity index (χ4v) is 1.97. The van der Waals surface area contributed by atoms with Gasteiger partial charge >= 0.3 is 11.9 Å². The van der Waals surface area contributed by atoms with E-state index < -0.39 is 11.9 Å². The first-order valence-electron chi connectivity index (χ1n) is 7.06. The van der Waals surface area contributed by atoms with E-state index in [0.29, 0.717) is 12.8 Å². The van der Waals surface area contributed by atoms with Crippen LogP contribution in [-0.2, 0) is 9.59 Å². The SMILES string of the molecule is O.O=C(O)CCCCCCCCCCCCC(=O)O. The van der Waals surface area contributed by atoms with Crippen LogP contribution in [-0.4, -0.2) is 27.6 Å². The Hall–Kier alpha value is -1.10. The number of hydrogen-bond acceptors (Lipinski definition) is 2. The minimum absolute atomic E-state index is 0. The summed E-state index contributed by atoms with van der Waals surface area (Å²) in [4.78, 5) is 20.5. The van der Waals surface area contributed by atoms with Crippen molar-refractivity contribution in [3.05, 3.63) is 0 Å². The van der Waals surface area contributed by atoms with Gasteiger partial charge in [-0.3, -0.25) is 9.59 Å². The lowest BCUT2D eigenvalue weighted by atomic mass is 10.1. The molecule has 0 saturated heterocycles. The van der Waals surface area contributed by atoms with E-state index in [9.17, 15) is 9.59 Å². The molecule has 0 amide bonds. The quantitative estimate of drug-likeness (QED) is 0.504. The van der Waals surface area contributed by atoms with Crippen LogP contribution in [0, 0.1) is 0 Å². The first-order valence-corrected chi connectivity index (χ1v) is 7.06. The molecule has 4 N–H and O–H groups in total. The van der Waals surface area contributed by atoms with Crippen molar-refractivity contribution in [2.75, 3.05) is 0 Å². The second-order valence-electron chi connectivity index (χ2n) is 4.82. The Balaban J connectivity index is 0. The Kier molecular flexibility index (Phi) is 15.9. The summed E-state index contributed by atoms with van der Waals surface area (Å²) in [6.45, 7) is 0. The largest absolute Gasteiger partial charge is 0.481 e. The van der Waals surface area contributed by atoms with E-state index in [0.717, 1.165) is 38.5 Å². The average Bonchev–Trinajstić information content (AvgIpc) is 2.29. The van der Waals surface area contributed by atoms with E-state index in [1.165, 1.54) is 25.7 Å². The monoisotopic (exact) mass is 276 g/mol. The summed E-state index contributed by atoms with van der Waals surface area (Å²) < 4.78 is 0. The average molecular weight is 276 g/mol. The van der Waals surface area contributed by atoms with E-state index in [4.69, 9.17) is 10.2 Å². The smallest absolute Gasteiger partial charge is 0.303 e. The van der Waals surface area contributed by atoms with E-state index in [1.807, 2.05) is 0 Å². The molecule has 0 aliphatic rings. The van der Waals surface area contributed by atoms with Crippen LogP contribution in [0.4, 0.5) is 0 Å². The molecule has 5 heteroatoms. The van der Waals surface area contributed by atoms with Gasteiger partial charge in [0.05, 0.1) is 0 Å². The van der Waals surface area contributed by atoms with Crippen LogP contribution in [0.1, 0.15) is 77.0 Å². The lowest BCUT2D eigenvalue weighted by Crippen LogP contribution is -1.93. The maximum absolute atomic E-state index is 10.3. The number of carboxylic acids is 2. The van der Waals surface area contributed by atoms with Crippen LogP contribution >= 0.6 is 0 Å². The number of carbonyl (C=O) groups is 2. The van der Waals surface area contributed by atoms with Gasteiger partial charge in [0, 0.05) is 12.8 Å². The van der Waals surface area contributed by atoms with Crippen LogP contribution < -0.4 is 0 Å². The Labute approximate surface area is 115 Å². The maximum Gasteiger partial charge on any atom is 0.303 e. The maximum atomic E-state index is 10.3. The van der Waals surface area contributed by atoms with Crippen molar-refractivity contribution in [1.29, 1.82) is 0 Å². The van der Waals surface area contributed by atoms with Gasteiger partial charge in [-0.1, -0.05) is 51.4 Å². The molecule has 5 nitrogen and oxygen atoms in total. The first-order chi connectivity index (χ1) is 8.63. The summed E-state index contributed by atoms with van der Waals surface area (Å²) in [5.74, 6) is -1.40.